The maximum absolute atomic E-state index is 3.83. The fraction of sp³-hybridized carbons (Fsp3) is 0.385. The van der Waals surface area contributed by atoms with Crippen molar-refractivity contribution < 1.29 is 0 Å². The zero-order valence-electron chi connectivity index (χ0n) is 8.64. The Hall–Kier alpha value is -1.04. The van der Waals surface area contributed by atoms with Crippen molar-refractivity contribution in [3.05, 3.63) is 41.5 Å². The molecule has 0 amide bonds. The minimum atomic E-state index is 1.18. The highest BCUT2D eigenvalue weighted by Gasteiger charge is 1.98. The minimum Gasteiger partial charge on any atom is -0.0985 e. The summed E-state index contributed by atoms with van der Waals surface area (Å²) in [5.74, 6) is 0. The maximum atomic E-state index is 3.83. The molecule has 0 aliphatic carbocycles. The van der Waals surface area contributed by atoms with Crippen molar-refractivity contribution in [2.75, 3.05) is 0 Å². The van der Waals surface area contributed by atoms with E-state index < -0.39 is 0 Å². The molecule has 0 aliphatic heterocycles. The molecule has 0 heteroatoms. The molecule has 0 fully saturated rings. The molecule has 0 heterocycles. The summed E-state index contributed by atoms with van der Waals surface area (Å²) in [6.45, 7) is 8.20. The van der Waals surface area contributed by atoms with Crippen LogP contribution in [0, 0.1) is 6.92 Å². The van der Waals surface area contributed by atoms with Crippen molar-refractivity contribution in [1.82, 2.24) is 0 Å². The Kier molecular flexibility index (Phi) is 3.75. The third-order valence-electron chi connectivity index (χ3n) is 2.32. The first-order chi connectivity index (χ1) is 6.27. The van der Waals surface area contributed by atoms with E-state index in [1.165, 1.54) is 36.0 Å². The Morgan fingerprint density at radius 3 is 2.77 bits per heavy atom. The molecule has 13 heavy (non-hydrogen) atoms. The molecule has 1 rings (SSSR count). The molecule has 1 aromatic carbocycles. The lowest BCUT2D eigenvalue weighted by Gasteiger charge is -2.06. The quantitative estimate of drug-likeness (QED) is 0.647. The molecule has 0 nitrogen and oxygen atoms in total. The molecule has 0 spiro atoms. The summed E-state index contributed by atoms with van der Waals surface area (Å²) in [7, 11) is 0. The highest BCUT2D eigenvalue weighted by molar-refractivity contribution is 5.52. The topological polar surface area (TPSA) is 0 Å². The van der Waals surface area contributed by atoms with Gasteiger partial charge >= 0.3 is 0 Å². The van der Waals surface area contributed by atoms with Crippen LogP contribution in [0.3, 0.4) is 0 Å². The molecule has 0 aromatic heterocycles. The average Bonchev–Trinajstić information content (AvgIpc) is 2.15. The number of hydrogen-bond acceptors (Lipinski definition) is 0. The molecular formula is C13H18. The Bertz CT molecular complexity index is 284. The smallest absolute Gasteiger partial charge is 0.0230 e. The second kappa shape index (κ2) is 4.86. The van der Waals surface area contributed by atoms with Gasteiger partial charge in [-0.15, -0.1) is 0 Å². The molecule has 0 unspecified atom stereocenters. The molecule has 70 valence electrons. The molecule has 0 atom stereocenters. The first-order valence-electron chi connectivity index (χ1n) is 5.00. The van der Waals surface area contributed by atoms with Crippen molar-refractivity contribution >= 4 is 6.08 Å². The second-order valence-electron chi connectivity index (χ2n) is 3.51. The van der Waals surface area contributed by atoms with E-state index in [1.54, 1.807) is 0 Å². The average molecular weight is 174 g/mol. The van der Waals surface area contributed by atoms with Crippen LogP contribution < -0.4 is 0 Å². The zero-order valence-corrected chi connectivity index (χ0v) is 8.64. The first-order valence-corrected chi connectivity index (χ1v) is 5.00. The van der Waals surface area contributed by atoms with E-state index >= 15 is 0 Å². The van der Waals surface area contributed by atoms with E-state index in [9.17, 15) is 0 Å². The van der Waals surface area contributed by atoms with E-state index in [2.05, 4.69) is 38.6 Å². The van der Waals surface area contributed by atoms with Gasteiger partial charge in [0.1, 0.15) is 0 Å². The lowest BCUT2D eigenvalue weighted by Crippen LogP contribution is -1.90. The minimum absolute atomic E-state index is 1.18. The molecule has 0 aliphatic rings. The molecule has 0 radical (unpaired) electrons. The summed E-state index contributed by atoms with van der Waals surface area (Å²) in [5, 5.41) is 0. The maximum Gasteiger partial charge on any atom is -0.0230 e. The molecular weight excluding hydrogens is 156 g/mol. The predicted octanol–water partition coefficient (Wildman–Crippen LogP) is 3.98. The van der Waals surface area contributed by atoms with Gasteiger partial charge in [-0.3, -0.25) is 0 Å². The predicted molar refractivity (Wildman–Crippen MR) is 59.9 cm³/mol. The van der Waals surface area contributed by atoms with E-state index in [0.717, 1.165) is 0 Å². The lowest BCUT2D eigenvalue weighted by molar-refractivity contribution is 0.793. The van der Waals surface area contributed by atoms with Crippen LogP contribution in [0.2, 0.25) is 0 Å². The number of aryl methyl sites for hydroxylation is 2. The zero-order chi connectivity index (χ0) is 9.68. The monoisotopic (exact) mass is 174 g/mol. The number of hydrogen-bond donors (Lipinski definition) is 0. The summed E-state index contributed by atoms with van der Waals surface area (Å²) in [5.41, 5.74) is 4.08. The van der Waals surface area contributed by atoms with E-state index in [0.29, 0.717) is 0 Å². The molecule has 0 bridgehead atoms. The van der Waals surface area contributed by atoms with Crippen molar-refractivity contribution in [2.24, 2.45) is 0 Å². The van der Waals surface area contributed by atoms with Gasteiger partial charge in [-0.1, -0.05) is 49.8 Å². The highest BCUT2D eigenvalue weighted by Crippen LogP contribution is 2.15. The number of benzene rings is 1. The Balaban J connectivity index is 2.87. The van der Waals surface area contributed by atoms with Gasteiger partial charge in [0.25, 0.3) is 0 Å². The van der Waals surface area contributed by atoms with Crippen molar-refractivity contribution in [3.63, 3.8) is 0 Å². The Labute approximate surface area is 81.3 Å². The summed E-state index contributed by atoms with van der Waals surface area (Å²) < 4.78 is 0. The van der Waals surface area contributed by atoms with Gasteiger partial charge in [0.15, 0.2) is 0 Å². The molecule has 0 saturated carbocycles. The van der Waals surface area contributed by atoms with E-state index in [-0.39, 0.29) is 0 Å². The lowest BCUT2D eigenvalue weighted by atomic mass is 10.00. The molecule has 1 aromatic rings. The van der Waals surface area contributed by atoms with Crippen molar-refractivity contribution in [1.29, 1.82) is 0 Å². The van der Waals surface area contributed by atoms with Crippen LogP contribution in [0.15, 0.2) is 24.8 Å². The summed E-state index contributed by atoms with van der Waals surface area (Å²) in [6, 6.07) is 6.58. The molecule has 0 saturated heterocycles. The van der Waals surface area contributed by atoms with Crippen LogP contribution in [0.4, 0.5) is 0 Å². The van der Waals surface area contributed by atoms with Crippen LogP contribution >= 0.6 is 0 Å². The molecule has 0 N–H and O–H groups in total. The van der Waals surface area contributed by atoms with Gasteiger partial charge in [0, 0.05) is 0 Å². The third kappa shape index (κ3) is 2.73. The van der Waals surface area contributed by atoms with Crippen LogP contribution in [-0.2, 0) is 6.42 Å². The van der Waals surface area contributed by atoms with Crippen LogP contribution in [0.5, 0.6) is 0 Å². The SMILES string of the molecule is C=Cc1ccc(C)cc1CCCC. The van der Waals surface area contributed by atoms with Crippen LogP contribution in [0.25, 0.3) is 6.08 Å². The standard InChI is InChI=1S/C13H18/c1-4-6-7-13-10-11(3)8-9-12(13)5-2/h5,8-10H,2,4,6-7H2,1,3H3. The fourth-order valence-corrected chi connectivity index (χ4v) is 1.52. The van der Waals surface area contributed by atoms with E-state index in [1.807, 2.05) is 6.08 Å². The van der Waals surface area contributed by atoms with Gasteiger partial charge < -0.3 is 0 Å². The van der Waals surface area contributed by atoms with Crippen molar-refractivity contribution in [3.8, 4) is 0 Å². The Morgan fingerprint density at radius 1 is 1.38 bits per heavy atom. The third-order valence-corrected chi connectivity index (χ3v) is 2.32. The summed E-state index contributed by atoms with van der Waals surface area (Å²) in [6.07, 6.45) is 5.65. The van der Waals surface area contributed by atoms with Crippen LogP contribution in [0.1, 0.15) is 36.5 Å². The van der Waals surface area contributed by atoms with Gasteiger partial charge in [-0.05, 0) is 30.9 Å². The largest absolute Gasteiger partial charge is 0.0985 e. The highest BCUT2D eigenvalue weighted by atomic mass is 14.0. The number of rotatable bonds is 4. The van der Waals surface area contributed by atoms with Gasteiger partial charge in [-0.2, -0.15) is 0 Å². The summed E-state index contributed by atoms with van der Waals surface area (Å²) >= 11 is 0. The summed E-state index contributed by atoms with van der Waals surface area (Å²) in [4.78, 5) is 0. The van der Waals surface area contributed by atoms with Gasteiger partial charge in [0.2, 0.25) is 0 Å². The number of unbranched alkanes of at least 4 members (excludes halogenated alkanes) is 1. The fourth-order valence-electron chi connectivity index (χ4n) is 1.52. The van der Waals surface area contributed by atoms with Crippen molar-refractivity contribution in [2.45, 2.75) is 33.1 Å². The van der Waals surface area contributed by atoms with Gasteiger partial charge in [0.05, 0.1) is 0 Å². The second-order valence-corrected chi connectivity index (χ2v) is 3.51. The van der Waals surface area contributed by atoms with Gasteiger partial charge in [-0.25, -0.2) is 0 Å². The normalized spacial score (nSPS) is 10.0. The Morgan fingerprint density at radius 2 is 2.15 bits per heavy atom. The first kappa shape index (κ1) is 10.0. The van der Waals surface area contributed by atoms with E-state index in [4.69, 9.17) is 0 Å². The van der Waals surface area contributed by atoms with Crippen LogP contribution in [-0.4, -0.2) is 0 Å².